The Kier molecular flexibility index (Phi) is 7.01. The number of Topliss-reactive ketones (excluding diaryl/α,β-unsaturated/α-hetero) is 1. The van der Waals surface area contributed by atoms with Gasteiger partial charge in [0.05, 0.1) is 17.6 Å². The molecule has 0 amide bonds. The average Bonchev–Trinajstić information content (AvgIpc) is 2.89. The van der Waals surface area contributed by atoms with E-state index in [0.717, 1.165) is 39.2 Å². The fourth-order valence-corrected chi connectivity index (χ4v) is 5.91. The second kappa shape index (κ2) is 10.3. The number of anilines is 1. The summed E-state index contributed by atoms with van der Waals surface area (Å²) in [5, 5.41) is 10.5. The van der Waals surface area contributed by atoms with Gasteiger partial charge in [0.25, 0.3) is 0 Å². The third kappa shape index (κ3) is 5.00. The van der Waals surface area contributed by atoms with Crippen LogP contribution in [0.1, 0.15) is 60.4 Å². The van der Waals surface area contributed by atoms with E-state index in [1.165, 1.54) is 12.1 Å². The summed E-state index contributed by atoms with van der Waals surface area (Å²) >= 11 is 0. The smallest absolute Gasteiger partial charge is 0.162 e. The molecule has 2 N–H and O–H groups in total. The molecule has 0 saturated heterocycles. The summed E-state index contributed by atoms with van der Waals surface area (Å²) in [6.45, 7) is 10.5. The number of hydrogen-bond donors (Lipinski definition) is 1. The molecule has 0 saturated carbocycles. The molecular formula is C34H34FN3O2. The topological polar surface area (TPSA) is 79.3 Å². The molecule has 2 aliphatic rings. The quantitative estimate of drug-likeness (QED) is 0.372. The zero-order valence-corrected chi connectivity index (χ0v) is 23.6. The highest BCUT2D eigenvalue weighted by molar-refractivity contribution is 6.01. The maximum Gasteiger partial charge on any atom is 0.162 e. The predicted octanol–water partition coefficient (Wildman–Crippen LogP) is 7.27. The highest BCUT2D eigenvalue weighted by atomic mass is 19.1. The average molecular weight is 536 g/mol. The van der Waals surface area contributed by atoms with Crippen molar-refractivity contribution in [1.29, 1.82) is 5.26 Å². The summed E-state index contributed by atoms with van der Waals surface area (Å²) in [5.74, 6) is 0.0574. The molecular weight excluding hydrogens is 501 g/mol. The number of benzene rings is 3. The van der Waals surface area contributed by atoms with Crippen molar-refractivity contribution in [1.82, 2.24) is 0 Å². The van der Waals surface area contributed by atoms with Crippen LogP contribution in [-0.2, 0) is 11.4 Å². The lowest BCUT2D eigenvalue weighted by Crippen LogP contribution is -2.42. The van der Waals surface area contributed by atoms with Crippen molar-refractivity contribution >= 4 is 11.5 Å². The molecule has 5 rings (SSSR count). The molecule has 3 aromatic carbocycles. The number of carbonyl (C=O) groups excluding carboxylic acids is 1. The number of carbonyl (C=O) groups is 1. The molecule has 204 valence electrons. The number of allylic oxidation sites excluding steroid dienone is 3. The van der Waals surface area contributed by atoms with Crippen LogP contribution in [0.2, 0.25) is 0 Å². The molecule has 0 spiro atoms. The van der Waals surface area contributed by atoms with Crippen LogP contribution < -0.4 is 15.4 Å². The SMILES string of the molecule is Cc1ccc(N2C(N)=C(C#N)C(c3cc(C)cc(COc4ccc(F)cc4)c3C)C3=C2CC(C)(C)CC3=O)cc1. The molecule has 1 atom stereocenters. The Bertz CT molecular complexity index is 1590. The molecule has 0 bridgehead atoms. The van der Waals surface area contributed by atoms with Crippen molar-refractivity contribution in [2.75, 3.05) is 4.90 Å². The van der Waals surface area contributed by atoms with Crippen LogP contribution in [0.15, 0.2) is 83.3 Å². The number of nitrogens with two attached hydrogens (primary N) is 1. The number of ether oxygens (including phenoxy) is 1. The largest absolute Gasteiger partial charge is 0.489 e. The van der Waals surface area contributed by atoms with Crippen LogP contribution >= 0.6 is 0 Å². The number of hydrogen-bond acceptors (Lipinski definition) is 5. The van der Waals surface area contributed by atoms with Gasteiger partial charge in [-0.3, -0.25) is 9.69 Å². The summed E-state index contributed by atoms with van der Waals surface area (Å²) in [5.41, 5.74) is 14.1. The van der Waals surface area contributed by atoms with E-state index in [2.05, 4.69) is 19.9 Å². The fraction of sp³-hybridized carbons (Fsp3) is 0.294. The summed E-state index contributed by atoms with van der Waals surface area (Å²) in [7, 11) is 0. The Morgan fingerprint density at radius 1 is 1.02 bits per heavy atom. The predicted molar refractivity (Wildman–Crippen MR) is 155 cm³/mol. The van der Waals surface area contributed by atoms with Gasteiger partial charge in [-0.15, -0.1) is 0 Å². The maximum atomic E-state index is 13.9. The molecule has 1 unspecified atom stereocenters. The van der Waals surface area contributed by atoms with E-state index in [-0.39, 0.29) is 23.6 Å². The van der Waals surface area contributed by atoms with E-state index >= 15 is 0 Å². The van der Waals surface area contributed by atoms with Crippen molar-refractivity contribution in [2.45, 2.75) is 60.0 Å². The van der Waals surface area contributed by atoms with Crippen molar-refractivity contribution in [3.63, 3.8) is 0 Å². The van der Waals surface area contributed by atoms with Gasteiger partial charge in [0.1, 0.15) is 24.0 Å². The second-order valence-corrected chi connectivity index (χ2v) is 11.7. The third-order valence-electron chi connectivity index (χ3n) is 7.89. The van der Waals surface area contributed by atoms with Gasteiger partial charge in [-0.25, -0.2) is 4.39 Å². The van der Waals surface area contributed by atoms with E-state index in [4.69, 9.17) is 10.5 Å². The minimum absolute atomic E-state index is 0.0404. The first kappa shape index (κ1) is 27.2. The zero-order valence-electron chi connectivity index (χ0n) is 23.6. The molecule has 0 aromatic heterocycles. The van der Waals surface area contributed by atoms with Gasteiger partial charge in [-0.2, -0.15) is 5.26 Å². The fourth-order valence-electron chi connectivity index (χ4n) is 5.91. The first-order chi connectivity index (χ1) is 19.0. The van der Waals surface area contributed by atoms with Crippen molar-refractivity contribution < 1.29 is 13.9 Å². The van der Waals surface area contributed by atoms with E-state index in [1.54, 1.807) is 12.1 Å². The Morgan fingerprint density at radius 3 is 2.35 bits per heavy atom. The number of rotatable bonds is 5. The molecule has 0 fully saturated rings. The van der Waals surface area contributed by atoms with E-state index in [9.17, 15) is 14.4 Å². The number of halogens is 1. The van der Waals surface area contributed by atoms with Gasteiger partial charge in [0, 0.05) is 23.4 Å². The lowest BCUT2D eigenvalue weighted by molar-refractivity contribution is -0.118. The molecule has 1 heterocycles. The molecule has 1 aliphatic heterocycles. The van der Waals surface area contributed by atoms with Crippen molar-refractivity contribution in [3.05, 3.63) is 117 Å². The highest BCUT2D eigenvalue weighted by Crippen LogP contribution is 2.51. The number of aryl methyl sites for hydroxylation is 2. The van der Waals surface area contributed by atoms with Crippen LogP contribution in [0, 0.1) is 43.3 Å². The zero-order chi connectivity index (χ0) is 28.8. The van der Waals surface area contributed by atoms with Gasteiger partial charge < -0.3 is 10.5 Å². The highest BCUT2D eigenvalue weighted by Gasteiger charge is 2.45. The van der Waals surface area contributed by atoms with E-state index < -0.39 is 5.92 Å². The van der Waals surface area contributed by atoms with Crippen LogP contribution in [0.5, 0.6) is 5.75 Å². The first-order valence-corrected chi connectivity index (χ1v) is 13.5. The Morgan fingerprint density at radius 2 is 1.70 bits per heavy atom. The summed E-state index contributed by atoms with van der Waals surface area (Å²) < 4.78 is 19.3. The molecule has 40 heavy (non-hydrogen) atoms. The minimum Gasteiger partial charge on any atom is -0.489 e. The van der Waals surface area contributed by atoms with Crippen LogP contribution in [0.4, 0.5) is 10.1 Å². The summed E-state index contributed by atoms with van der Waals surface area (Å²) in [6, 6.07) is 20.4. The molecule has 1 aliphatic carbocycles. The Labute approximate surface area is 235 Å². The van der Waals surface area contributed by atoms with E-state index in [0.29, 0.717) is 35.6 Å². The monoisotopic (exact) mass is 535 g/mol. The van der Waals surface area contributed by atoms with Gasteiger partial charge in [0.2, 0.25) is 0 Å². The molecule has 5 nitrogen and oxygen atoms in total. The number of nitriles is 1. The van der Waals surface area contributed by atoms with Crippen molar-refractivity contribution in [3.8, 4) is 11.8 Å². The first-order valence-electron chi connectivity index (χ1n) is 13.5. The molecule has 3 aromatic rings. The van der Waals surface area contributed by atoms with Crippen LogP contribution in [0.3, 0.4) is 0 Å². The lowest BCUT2D eigenvalue weighted by atomic mass is 9.68. The standard InChI is InChI=1S/C34H34FN3O2/c1-20-6-10-25(11-7-20)38-29-16-34(4,5)17-30(39)32(29)31(28(18-36)33(38)37)27-15-21(2)14-23(22(27)3)19-40-26-12-8-24(35)9-13-26/h6-15,31H,16-17,19,37H2,1-5H3. The van der Waals surface area contributed by atoms with Gasteiger partial charge in [0.15, 0.2) is 5.78 Å². The second-order valence-electron chi connectivity index (χ2n) is 11.7. The van der Waals surface area contributed by atoms with Gasteiger partial charge >= 0.3 is 0 Å². The Hall–Kier alpha value is -4.37. The number of nitrogens with zero attached hydrogens (tertiary/aromatic N) is 2. The maximum absolute atomic E-state index is 13.9. The molecule has 0 radical (unpaired) electrons. The van der Waals surface area contributed by atoms with Crippen LogP contribution in [0.25, 0.3) is 0 Å². The lowest BCUT2D eigenvalue weighted by Gasteiger charge is -2.44. The van der Waals surface area contributed by atoms with Gasteiger partial charge in [-0.1, -0.05) is 49.2 Å². The summed E-state index contributed by atoms with van der Waals surface area (Å²) in [6.07, 6.45) is 1.05. The van der Waals surface area contributed by atoms with Gasteiger partial charge in [-0.05, 0) is 85.7 Å². The molecule has 6 heteroatoms. The summed E-state index contributed by atoms with van der Waals surface area (Å²) in [4.78, 5) is 15.8. The minimum atomic E-state index is -0.574. The number of ketones is 1. The van der Waals surface area contributed by atoms with Crippen molar-refractivity contribution in [2.24, 2.45) is 11.1 Å². The van der Waals surface area contributed by atoms with Crippen LogP contribution in [-0.4, -0.2) is 5.78 Å². The van der Waals surface area contributed by atoms with E-state index in [1.807, 2.05) is 62.1 Å². The Balaban J connectivity index is 1.66. The normalized spacial score (nSPS) is 18.5. The third-order valence-corrected chi connectivity index (χ3v) is 7.89.